The summed E-state index contributed by atoms with van der Waals surface area (Å²) in [6, 6.07) is 10.7. The van der Waals surface area contributed by atoms with Crippen LogP contribution in [0.15, 0.2) is 42.6 Å². The van der Waals surface area contributed by atoms with Crippen LogP contribution in [0.4, 0.5) is 5.69 Å². The minimum absolute atomic E-state index is 0.320. The highest BCUT2D eigenvalue weighted by Gasteiger charge is 2.04. The van der Waals surface area contributed by atoms with Crippen molar-refractivity contribution in [3.63, 3.8) is 0 Å². The number of nitrogen functional groups attached to an aromatic ring is 1. The SMILES string of the molecule is Nc1ccccc1Oc1cccnc1Cl. The number of hydrogen-bond donors (Lipinski definition) is 1. The largest absolute Gasteiger partial charge is 0.452 e. The van der Waals surface area contributed by atoms with Crippen molar-refractivity contribution in [3.8, 4) is 11.5 Å². The average Bonchev–Trinajstić information content (AvgIpc) is 2.24. The van der Waals surface area contributed by atoms with Gasteiger partial charge in [0, 0.05) is 6.20 Å². The van der Waals surface area contributed by atoms with Gasteiger partial charge in [-0.3, -0.25) is 0 Å². The van der Waals surface area contributed by atoms with Gasteiger partial charge >= 0.3 is 0 Å². The van der Waals surface area contributed by atoms with Crippen LogP contribution >= 0.6 is 11.6 Å². The van der Waals surface area contributed by atoms with Crippen LogP contribution in [0, 0.1) is 0 Å². The summed E-state index contributed by atoms with van der Waals surface area (Å²) < 4.78 is 5.52. The fraction of sp³-hybridized carbons (Fsp3) is 0. The number of aromatic nitrogens is 1. The number of para-hydroxylation sites is 2. The third-order valence-electron chi connectivity index (χ3n) is 1.86. The Morgan fingerprint density at radius 1 is 1.07 bits per heavy atom. The Morgan fingerprint density at radius 3 is 2.53 bits per heavy atom. The summed E-state index contributed by atoms with van der Waals surface area (Å²) in [5, 5.41) is 0.320. The van der Waals surface area contributed by atoms with Gasteiger partial charge in [0.1, 0.15) is 5.75 Å². The van der Waals surface area contributed by atoms with E-state index >= 15 is 0 Å². The molecule has 2 aromatic rings. The highest BCUT2D eigenvalue weighted by atomic mass is 35.5. The molecule has 2 rings (SSSR count). The van der Waals surface area contributed by atoms with Crippen molar-refractivity contribution in [1.29, 1.82) is 0 Å². The third-order valence-corrected chi connectivity index (χ3v) is 2.15. The van der Waals surface area contributed by atoms with E-state index in [-0.39, 0.29) is 0 Å². The van der Waals surface area contributed by atoms with Gasteiger partial charge in [-0.05, 0) is 24.3 Å². The molecule has 0 fully saturated rings. The number of benzene rings is 1. The van der Waals surface area contributed by atoms with Crippen molar-refractivity contribution in [1.82, 2.24) is 4.98 Å². The van der Waals surface area contributed by atoms with Gasteiger partial charge in [0.15, 0.2) is 10.9 Å². The van der Waals surface area contributed by atoms with Gasteiger partial charge in [0.2, 0.25) is 0 Å². The molecule has 2 N–H and O–H groups in total. The minimum Gasteiger partial charge on any atom is -0.452 e. The number of pyridine rings is 1. The molecule has 0 unspecified atom stereocenters. The second-order valence-corrected chi connectivity index (χ2v) is 3.29. The second-order valence-electron chi connectivity index (χ2n) is 2.93. The van der Waals surface area contributed by atoms with E-state index in [1.165, 1.54) is 0 Å². The molecule has 1 heterocycles. The summed E-state index contributed by atoms with van der Waals surface area (Å²) in [4.78, 5) is 3.90. The first-order valence-corrected chi connectivity index (χ1v) is 4.78. The monoisotopic (exact) mass is 220 g/mol. The first-order valence-electron chi connectivity index (χ1n) is 4.40. The van der Waals surface area contributed by atoms with Crippen LogP contribution in [0.3, 0.4) is 0 Å². The van der Waals surface area contributed by atoms with E-state index in [1.54, 1.807) is 30.5 Å². The Hall–Kier alpha value is -1.74. The van der Waals surface area contributed by atoms with Gasteiger partial charge in [-0.2, -0.15) is 0 Å². The highest BCUT2D eigenvalue weighted by molar-refractivity contribution is 6.30. The van der Waals surface area contributed by atoms with Gasteiger partial charge in [-0.1, -0.05) is 23.7 Å². The summed E-state index contributed by atoms with van der Waals surface area (Å²) in [6.45, 7) is 0. The summed E-state index contributed by atoms with van der Waals surface area (Å²) in [6.07, 6.45) is 1.60. The molecule has 0 spiro atoms. The van der Waals surface area contributed by atoms with E-state index in [1.807, 2.05) is 12.1 Å². The molecule has 3 nitrogen and oxygen atoms in total. The van der Waals surface area contributed by atoms with E-state index in [4.69, 9.17) is 22.1 Å². The highest BCUT2D eigenvalue weighted by Crippen LogP contribution is 2.30. The lowest BCUT2D eigenvalue weighted by Gasteiger charge is -2.08. The van der Waals surface area contributed by atoms with Gasteiger partial charge < -0.3 is 10.5 Å². The van der Waals surface area contributed by atoms with Gasteiger partial charge in [-0.25, -0.2) is 4.98 Å². The Balaban J connectivity index is 2.30. The van der Waals surface area contributed by atoms with Crippen LogP contribution in [-0.4, -0.2) is 4.98 Å². The predicted octanol–water partition coefficient (Wildman–Crippen LogP) is 3.11. The lowest BCUT2D eigenvalue weighted by molar-refractivity contribution is 0.483. The van der Waals surface area contributed by atoms with Crippen molar-refractivity contribution >= 4 is 17.3 Å². The predicted molar refractivity (Wildman–Crippen MR) is 60.2 cm³/mol. The fourth-order valence-corrected chi connectivity index (χ4v) is 1.30. The van der Waals surface area contributed by atoms with Gasteiger partial charge in [0.25, 0.3) is 0 Å². The van der Waals surface area contributed by atoms with Crippen molar-refractivity contribution < 1.29 is 4.74 Å². The minimum atomic E-state index is 0.320. The molecule has 4 heteroatoms. The molecule has 0 radical (unpaired) electrons. The number of rotatable bonds is 2. The maximum atomic E-state index is 5.85. The Labute approximate surface area is 92.5 Å². The summed E-state index contributed by atoms with van der Waals surface area (Å²) >= 11 is 5.85. The van der Waals surface area contributed by atoms with E-state index in [0.717, 1.165) is 0 Å². The smallest absolute Gasteiger partial charge is 0.171 e. The van der Waals surface area contributed by atoms with E-state index in [2.05, 4.69) is 4.98 Å². The molecule has 0 saturated carbocycles. The normalized spacial score (nSPS) is 9.93. The van der Waals surface area contributed by atoms with E-state index in [9.17, 15) is 0 Å². The standard InChI is InChI=1S/C11H9ClN2O/c12-11-10(6-3-7-14-11)15-9-5-2-1-4-8(9)13/h1-7H,13H2. The van der Waals surface area contributed by atoms with Crippen molar-refractivity contribution in [2.45, 2.75) is 0 Å². The molecular formula is C11H9ClN2O. The molecule has 0 bridgehead atoms. The molecule has 0 aliphatic heterocycles. The molecule has 1 aromatic carbocycles. The first kappa shape index (κ1) is 9.80. The molecular weight excluding hydrogens is 212 g/mol. The molecule has 0 amide bonds. The van der Waals surface area contributed by atoms with Crippen molar-refractivity contribution in [3.05, 3.63) is 47.7 Å². The van der Waals surface area contributed by atoms with Crippen LogP contribution in [0.1, 0.15) is 0 Å². The van der Waals surface area contributed by atoms with Crippen LogP contribution < -0.4 is 10.5 Å². The summed E-state index contributed by atoms with van der Waals surface area (Å²) in [7, 11) is 0. The average molecular weight is 221 g/mol. The number of nitrogens with zero attached hydrogens (tertiary/aromatic N) is 1. The van der Waals surface area contributed by atoms with E-state index in [0.29, 0.717) is 22.3 Å². The zero-order chi connectivity index (χ0) is 10.7. The molecule has 1 aromatic heterocycles. The summed E-state index contributed by atoms with van der Waals surface area (Å²) in [5.41, 5.74) is 6.30. The van der Waals surface area contributed by atoms with Crippen LogP contribution in [0.5, 0.6) is 11.5 Å². The Morgan fingerprint density at radius 2 is 1.80 bits per heavy atom. The van der Waals surface area contributed by atoms with Crippen LogP contribution in [-0.2, 0) is 0 Å². The topological polar surface area (TPSA) is 48.1 Å². The molecule has 0 saturated heterocycles. The zero-order valence-electron chi connectivity index (χ0n) is 7.85. The number of ether oxygens (including phenoxy) is 1. The molecule has 0 aliphatic carbocycles. The molecule has 76 valence electrons. The first-order chi connectivity index (χ1) is 7.27. The Kier molecular flexibility index (Phi) is 2.74. The van der Waals surface area contributed by atoms with Gasteiger partial charge in [-0.15, -0.1) is 0 Å². The number of hydrogen-bond acceptors (Lipinski definition) is 3. The van der Waals surface area contributed by atoms with Gasteiger partial charge in [0.05, 0.1) is 5.69 Å². The van der Waals surface area contributed by atoms with Crippen molar-refractivity contribution in [2.75, 3.05) is 5.73 Å². The maximum Gasteiger partial charge on any atom is 0.171 e. The fourth-order valence-electron chi connectivity index (χ4n) is 1.14. The molecule has 0 aliphatic rings. The quantitative estimate of drug-likeness (QED) is 0.625. The second kappa shape index (κ2) is 4.19. The van der Waals surface area contributed by atoms with Crippen LogP contribution in [0.25, 0.3) is 0 Å². The molecule has 0 atom stereocenters. The van der Waals surface area contributed by atoms with Crippen molar-refractivity contribution in [2.24, 2.45) is 0 Å². The Bertz CT molecular complexity index is 430. The lowest BCUT2D eigenvalue weighted by Crippen LogP contribution is -1.92. The number of halogens is 1. The number of anilines is 1. The number of nitrogens with two attached hydrogens (primary N) is 1. The van der Waals surface area contributed by atoms with Crippen LogP contribution in [0.2, 0.25) is 5.15 Å². The lowest BCUT2D eigenvalue weighted by atomic mass is 10.3. The van der Waals surface area contributed by atoms with E-state index < -0.39 is 0 Å². The zero-order valence-corrected chi connectivity index (χ0v) is 8.61. The summed E-state index contributed by atoms with van der Waals surface area (Å²) in [5.74, 6) is 1.07. The molecule has 15 heavy (non-hydrogen) atoms. The third kappa shape index (κ3) is 2.19. The maximum absolute atomic E-state index is 5.85.